The topological polar surface area (TPSA) is 32.3 Å². The molecule has 1 amide bonds. The van der Waals surface area contributed by atoms with Gasteiger partial charge in [-0.15, -0.1) is 0 Å². The van der Waals surface area contributed by atoms with Gasteiger partial charge in [0.1, 0.15) is 0 Å². The highest BCUT2D eigenvalue weighted by molar-refractivity contribution is 5.92. The van der Waals surface area contributed by atoms with Crippen molar-refractivity contribution in [3.8, 4) is 0 Å². The molecule has 0 saturated carbocycles. The van der Waals surface area contributed by atoms with Crippen LogP contribution in [0.5, 0.6) is 0 Å². The van der Waals surface area contributed by atoms with E-state index in [1.54, 1.807) is 0 Å². The van der Waals surface area contributed by atoms with Crippen molar-refractivity contribution in [2.45, 2.75) is 25.4 Å². The van der Waals surface area contributed by atoms with Crippen molar-refractivity contribution in [2.24, 2.45) is 5.92 Å². The summed E-state index contributed by atoms with van der Waals surface area (Å²) in [6.07, 6.45) is 1.90. The number of carbonyl (C=O) groups excluding carboxylic acids is 1. The monoisotopic (exact) mass is 370 g/mol. The molecule has 1 aliphatic rings. The first-order chi connectivity index (χ1) is 13.8. The second-order valence-corrected chi connectivity index (χ2v) is 7.47. The summed E-state index contributed by atoms with van der Waals surface area (Å²) in [5.74, 6) is 0.125. The minimum absolute atomic E-state index is 0.00359. The highest BCUT2D eigenvalue weighted by Gasteiger charge is 2.32. The van der Waals surface area contributed by atoms with E-state index < -0.39 is 0 Å². The fraction of sp³-hybridized carbons (Fsp3) is 0.240. The SMILES string of the molecule is O=C(Nc1ccccc1)C1CCC(c2ccccc2)N(Cc2ccccc2)C1. The van der Waals surface area contributed by atoms with Crippen LogP contribution in [0.15, 0.2) is 91.0 Å². The van der Waals surface area contributed by atoms with Crippen LogP contribution in [0.1, 0.15) is 30.0 Å². The van der Waals surface area contributed by atoms with Crippen LogP contribution in [0.4, 0.5) is 5.69 Å². The fourth-order valence-corrected chi connectivity index (χ4v) is 4.07. The number of anilines is 1. The van der Waals surface area contributed by atoms with Crippen LogP contribution in [0.25, 0.3) is 0 Å². The summed E-state index contributed by atoms with van der Waals surface area (Å²) in [6, 6.07) is 31.3. The van der Waals surface area contributed by atoms with Gasteiger partial charge in [0.25, 0.3) is 0 Å². The molecule has 4 rings (SSSR count). The van der Waals surface area contributed by atoms with E-state index in [0.717, 1.165) is 31.6 Å². The Labute approximate surface area is 167 Å². The number of hydrogen-bond acceptors (Lipinski definition) is 2. The number of amides is 1. The molecule has 0 aromatic heterocycles. The number of likely N-dealkylation sites (tertiary alicyclic amines) is 1. The number of hydrogen-bond donors (Lipinski definition) is 1. The number of benzene rings is 3. The molecule has 2 unspecified atom stereocenters. The average molecular weight is 370 g/mol. The first-order valence-corrected chi connectivity index (χ1v) is 9.98. The first-order valence-electron chi connectivity index (χ1n) is 9.98. The Kier molecular flexibility index (Phi) is 5.83. The maximum absolute atomic E-state index is 12.9. The molecule has 28 heavy (non-hydrogen) atoms. The van der Waals surface area contributed by atoms with Gasteiger partial charge in [-0.25, -0.2) is 0 Å². The highest BCUT2D eigenvalue weighted by Crippen LogP contribution is 2.35. The van der Waals surface area contributed by atoms with Gasteiger partial charge in [0.05, 0.1) is 5.92 Å². The molecule has 1 fully saturated rings. The van der Waals surface area contributed by atoms with Crippen molar-refractivity contribution in [3.05, 3.63) is 102 Å². The Hall–Kier alpha value is -2.91. The lowest BCUT2D eigenvalue weighted by Crippen LogP contribution is -2.42. The van der Waals surface area contributed by atoms with E-state index in [9.17, 15) is 4.79 Å². The first kappa shape index (κ1) is 18.5. The summed E-state index contributed by atoms with van der Waals surface area (Å²) >= 11 is 0. The third-order valence-corrected chi connectivity index (χ3v) is 5.51. The average Bonchev–Trinajstić information content (AvgIpc) is 2.76. The maximum atomic E-state index is 12.9. The van der Waals surface area contributed by atoms with Crippen LogP contribution in [0, 0.1) is 5.92 Å². The predicted octanol–water partition coefficient (Wildman–Crippen LogP) is 5.28. The van der Waals surface area contributed by atoms with E-state index in [0.29, 0.717) is 6.04 Å². The maximum Gasteiger partial charge on any atom is 0.228 e. The van der Waals surface area contributed by atoms with Crippen LogP contribution in [-0.2, 0) is 11.3 Å². The van der Waals surface area contributed by atoms with Crippen molar-refractivity contribution in [3.63, 3.8) is 0 Å². The summed E-state index contributed by atoms with van der Waals surface area (Å²) in [5.41, 5.74) is 3.49. The number of nitrogens with zero attached hydrogens (tertiary/aromatic N) is 1. The van der Waals surface area contributed by atoms with E-state index in [-0.39, 0.29) is 11.8 Å². The van der Waals surface area contributed by atoms with Crippen molar-refractivity contribution >= 4 is 11.6 Å². The van der Waals surface area contributed by atoms with Gasteiger partial charge in [0, 0.05) is 24.8 Å². The number of para-hydroxylation sites is 1. The van der Waals surface area contributed by atoms with Crippen LogP contribution in [0.2, 0.25) is 0 Å². The van der Waals surface area contributed by atoms with Gasteiger partial charge < -0.3 is 5.32 Å². The molecule has 0 bridgehead atoms. The molecule has 1 N–H and O–H groups in total. The number of carbonyl (C=O) groups is 1. The molecule has 0 aliphatic carbocycles. The number of nitrogens with one attached hydrogen (secondary N) is 1. The van der Waals surface area contributed by atoms with Crippen LogP contribution in [-0.4, -0.2) is 17.4 Å². The van der Waals surface area contributed by atoms with Gasteiger partial charge in [-0.2, -0.15) is 0 Å². The van der Waals surface area contributed by atoms with Gasteiger partial charge in [0.15, 0.2) is 0 Å². The number of rotatable bonds is 5. The number of piperidine rings is 1. The molecule has 1 heterocycles. The molecule has 0 spiro atoms. The lowest BCUT2D eigenvalue weighted by atomic mass is 9.88. The minimum Gasteiger partial charge on any atom is -0.326 e. The molecular formula is C25H26N2O. The molecule has 1 aliphatic heterocycles. The highest BCUT2D eigenvalue weighted by atomic mass is 16.1. The zero-order valence-corrected chi connectivity index (χ0v) is 16.0. The van der Waals surface area contributed by atoms with Gasteiger partial charge in [0.2, 0.25) is 5.91 Å². The van der Waals surface area contributed by atoms with E-state index in [1.165, 1.54) is 11.1 Å². The van der Waals surface area contributed by atoms with Gasteiger partial charge in [-0.1, -0.05) is 78.9 Å². The fourth-order valence-electron chi connectivity index (χ4n) is 4.07. The van der Waals surface area contributed by atoms with E-state index in [2.05, 4.69) is 64.8 Å². The third-order valence-electron chi connectivity index (χ3n) is 5.51. The molecular weight excluding hydrogens is 344 g/mol. The molecule has 3 heteroatoms. The molecule has 2 atom stereocenters. The summed E-state index contributed by atoms with van der Waals surface area (Å²) in [5, 5.41) is 3.09. The van der Waals surface area contributed by atoms with Crippen molar-refractivity contribution in [1.82, 2.24) is 4.90 Å². The standard InChI is InChI=1S/C25H26N2O/c28-25(26-23-14-8-3-9-15-23)22-16-17-24(21-12-6-2-7-13-21)27(19-22)18-20-10-4-1-5-11-20/h1-15,22,24H,16-19H2,(H,26,28). The minimum atomic E-state index is 0.00359. The predicted molar refractivity (Wildman–Crippen MR) is 114 cm³/mol. The summed E-state index contributed by atoms with van der Waals surface area (Å²) in [4.78, 5) is 15.3. The van der Waals surface area contributed by atoms with Crippen LogP contribution in [0.3, 0.4) is 0 Å². The van der Waals surface area contributed by atoms with Crippen LogP contribution >= 0.6 is 0 Å². The van der Waals surface area contributed by atoms with E-state index >= 15 is 0 Å². The van der Waals surface area contributed by atoms with Crippen molar-refractivity contribution < 1.29 is 4.79 Å². The Bertz CT molecular complexity index is 880. The van der Waals surface area contributed by atoms with Crippen LogP contribution < -0.4 is 5.32 Å². The zero-order valence-electron chi connectivity index (χ0n) is 16.0. The summed E-state index contributed by atoms with van der Waals surface area (Å²) in [6.45, 7) is 1.63. The molecule has 3 aromatic rings. The zero-order chi connectivity index (χ0) is 19.2. The Morgan fingerprint density at radius 1 is 0.821 bits per heavy atom. The van der Waals surface area contributed by atoms with E-state index in [1.807, 2.05) is 36.4 Å². The Morgan fingerprint density at radius 3 is 2.11 bits per heavy atom. The largest absolute Gasteiger partial charge is 0.326 e. The molecule has 3 aromatic carbocycles. The summed E-state index contributed by atoms with van der Waals surface area (Å²) in [7, 11) is 0. The third kappa shape index (κ3) is 4.49. The Morgan fingerprint density at radius 2 is 1.43 bits per heavy atom. The van der Waals surface area contributed by atoms with E-state index in [4.69, 9.17) is 0 Å². The van der Waals surface area contributed by atoms with Gasteiger partial charge >= 0.3 is 0 Å². The van der Waals surface area contributed by atoms with Crippen molar-refractivity contribution in [1.29, 1.82) is 0 Å². The lowest BCUT2D eigenvalue weighted by molar-refractivity contribution is -0.122. The lowest BCUT2D eigenvalue weighted by Gasteiger charge is -2.39. The molecule has 0 radical (unpaired) electrons. The second-order valence-electron chi connectivity index (χ2n) is 7.47. The molecule has 3 nitrogen and oxygen atoms in total. The molecule has 1 saturated heterocycles. The second kappa shape index (κ2) is 8.85. The molecule has 142 valence electrons. The van der Waals surface area contributed by atoms with Gasteiger partial charge in [-0.3, -0.25) is 9.69 Å². The normalized spacial score (nSPS) is 19.9. The smallest absolute Gasteiger partial charge is 0.228 e. The van der Waals surface area contributed by atoms with Gasteiger partial charge in [-0.05, 0) is 36.1 Å². The summed E-state index contributed by atoms with van der Waals surface area (Å²) < 4.78 is 0. The van der Waals surface area contributed by atoms with Crippen molar-refractivity contribution in [2.75, 3.05) is 11.9 Å². The quantitative estimate of drug-likeness (QED) is 0.663. The Balaban J connectivity index is 1.51.